The first-order valence-corrected chi connectivity index (χ1v) is 10.2. The number of rotatable bonds is 7. The molecule has 0 spiro atoms. The van der Waals surface area contributed by atoms with Crippen molar-refractivity contribution in [3.05, 3.63) is 47.0 Å². The molecular formula is C19H19F2NO6S. The molecule has 10 heteroatoms. The Bertz CT molecular complexity index is 1040. The molecule has 1 aliphatic carbocycles. The summed E-state index contributed by atoms with van der Waals surface area (Å²) in [7, 11) is -3.02. The van der Waals surface area contributed by atoms with E-state index in [-0.39, 0.29) is 10.6 Å². The zero-order valence-corrected chi connectivity index (χ0v) is 16.3. The Morgan fingerprint density at radius 2 is 1.79 bits per heavy atom. The van der Waals surface area contributed by atoms with E-state index >= 15 is 0 Å². The summed E-state index contributed by atoms with van der Waals surface area (Å²) in [4.78, 5) is 11.5. The fourth-order valence-electron chi connectivity index (χ4n) is 3.25. The summed E-state index contributed by atoms with van der Waals surface area (Å²) >= 11 is 0. The molecule has 1 aliphatic rings. The fraction of sp³-hybridized carbons (Fsp3) is 0.316. The van der Waals surface area contributed by atoms with Gasteiger partial charge in [-0.1, -0.05) is 6.07 Å². The summed E-state index contributed by atoms with van der Waals surface area (Å²) in [5, 5.41) is 9.40. The Labute approximate surface area is 166 Å². The van der Waals surface area contributed by atoms with E-state index in [2.05, 4.69) is 9.46 Å². The maximum atomic E-state index is 12.8. The van der Waals surface area contributed by atoms with Crippen molar-refractivity contribution in [1.82, 2.24) is 0 Å². The van der Waals surface area contributed by atoms with Crippen LogP contribution in [0.2, 0.25) is 0 Å². The van der Waals surface area contributed by atoms with E-state index in [9.17, 15) is 27.1 Å². The number of hydrogen-bond donors (Lipinski definition) is 2. The number of fused-ring (bicyclic) bond motifs is 1. The quantitative estimate of drug-likeness (QED) is 0.699. The van der Waals surface area contributed by atoms with Gasteiger partial charge in [0.25, 0.3) is 10.0 Å². The molecule has 0 aliphatic heterocycles. The second-order valence-electron chi connectivity index (χ2n) is 6.48. The van der Waals surface area contributed by atoms with E-state index < -0.39 is 39.6 Å². The molecule has 156 valence electrons. The zero-order valence-electron chi connectivity index (χ0n) is 15.4. The number of nitrogens with one attached hydrogen (secondary N) is 1. The van der Waals surface area contributed by atoms with Crippen LogP contribution in [-0.4, -0.2) is 33.2 Å². The number of benzene rings is 2. The number of hydrogen-bond acceptors (Lipinski definition) is 5. The van der Waals surface area contributed by atoms with Crippen molar-refractivity contribution in [3.8, 4) is 11.5 Å². The van der Waals surface area contributed by atoms with E-state index in [1.54, 1.807) is 12.1 Å². The second kappa shape index (κ2) is 8.24. The van der Waals surface area contributed by atoms with E-state index in [1.165, 1.54) is 6.07 Å². The molecule has 0 saturated heterocycles. The number of aryl methyl sites for hydroxylation is 2. The normalized spacial score (nSPS) is 13.7. The number of ether oxygens (including phenoxy) is 2. The minimum Gasteiger partial charge on any atom is -0.493 e. The Morgan fingerprint density at radius 1 is 1.10 bits per heavy atom. The van der Waals surface area contributed by atoms with Crippen LogP contribution in [0.25, 0.3) is 0 Å². The number of carbonyl (C=O) groups is 1. The van der Waals surface area contributed by atoms with E-state index in [1.807, 2.05) is 0 Å². The highest BCUT2D eigenvalue weighted by molar-refractivity contribution is 7.92. The molecule has 2 N–H and O–H groups in total. The molecule has 2 aromatic rings. The Balaban J connectivity index is 2.02. The van der Waals surface area contributed by atoms with Crippen molar-refractivity contribution < 1.29 is 36.6 Å². The smallest absolute Gasteiger partial charge is 0.387 e. The van der Waals surface area contributed by atoms with Gasteiger partial charge in [-0.3, -0.25) is 4.72 Å². The molecule has 0 fully saturated rings. The molecule has 0 atom stereocenters. The largest absolute Gasteiger partial charge is 0.493 e. The average Bonchev–Trinajstić information content (AvgIpc) is 2.66. The molecule has 0 saturated carbocycles. The first-order valence-electron chi connectivity index (χ1n) is 8.76. The summed E-state index contributed by atoms with van der Waals surface area (Å²) in [5.41, 5.74) is 1.13. The predicted molar refractivity (Wildman–Crippen MR) is 100 cm³/mol. The lowest BCUT2D eigenvalue weighted by Gasteiger charge is -2.18. The van der Waals surface area contributed by atoms with Gasteiger partial charge in [0.05, 0.1) is 23.3 Å². The molecule has 0 amide bonds. The maximum Gasteiger partial charge on any atom is 0.387 e. The summed E-state index contributed by atoms with van der Waals surface area (Å²) in [5.74, 6) is -2.22. The molecule has 7 nitrogen and oxygen atoms in total. The lowest BCUT2D eigenvalue weighted by atomic mass is 9.92. The van der Waals surface area contributed by atoms with E-state index in [0.29, 0.717) is 0 Å². The molecule has 29 heavy (non-hydrogen) atoms. The average molecular weight is 427 g/mol. The molecule has 0 aromatic heterocycles. The SMILES string of the molecule is COc1cc(C(=O)O)c(NS(=O)(=O)c2ccc3c(c2)CCCC3)cc1OC(F)F. The van der Waals surface area contributed by atoms with E-state index in [4.69, 9.17) is 4.74 Å². The zero-order chi connectivity index (χ0) is 21.2. The van der Waals surface area contributed by atoms with Gasteiger partial charge < -0.3 is 14.6 Å². The van der Waals surface area contributed by atoms with Gasteiger partial charge in [-0.15, -0.1) is 0 Å². The van der Waals surface area contributed by atoms with E-state index in [0.717, 1.165) is 56.1 Å². The van der Waals surface area contributed by atoms with Crippen LogP contribution in [0.15, 0.2) is 35.2 Å². The van der Waals surface area contributed by atoms with Crippen LogP contribution >= 0.6 is 0 Å². The molecule has 3 rings (SSSR count). The topological polar surface area (TPSA) is 102 Å². The van der Waals surface area contributed by atoms with Crippen LogP contribution in [0.1, 0.15) is 34.3 Å². The van der Waals surface area contributed by atoms with Gasteiger partial charge in [0.2, 0.25) is 0 Å². The Morgan fingerprint density at radius 3 is 2.41 bits per heavy atom. The van der Waals surface area contributed by atoms with Crippen molar-refractivity contribution in [2.24, 2.45) is 0 Å². The number of methoxy groups -OCH3 is 1. The van der Waals surface area contributed by atoms with Crippen LogP contribution < -0.4 is 14.2 Å². The third-order valence-corrected chi connectivity index (χ3v) is 5.99. The predicted octanol–water partition coefficient (Wildman–Crippen LogP) is 3.67. The van der Waals surface area contributed by atoms with Gasteiger partial charge in [-0.2, -0.15) is 8.78 Å². The lowest BCUT2D eigenvalue weighted by molar-refractivity contribution is -0.0511. The van der Waals surface area contributed by atoms with Crippen LogP contribution in [0, 0.1) is 0 Å². The van der Waals surface area contributed by atoms with Gasteiger partial charge in [-0.05, 0) is 48.9 Å². The summed E-state index contributed by atoms with van der Waals surface area (Å²) < 4.78 is 62.3. The third-order valence-electron chi connectivity index (χ3n) is 4.62. The standard InChI is InChI=1S/C19H19F2NO6S/c1-27-16-9-14(18(23)24)15(10-17(16)28-19(20)21)22-29(25,26)13-7-6-11-4-2-3-5-12(11)8-13/h6-10,19,22H,2-5H2,1H3,(H,23,24). The van der Waals surface area contributed by atoms with Crippen molar-refractivity contribution in [3.63, 3.8) is 0 Å². The van der Waals surface area contributed by atoms with Crippen LogP contribution in [0.4, 0.5) is 14.5 Å². The highest BCUT2D eigenvalue weighted by Gasteiger charge is 2.24. The first kappa shape index (κ1) is 20.8. The second-order valence-corrected chi connectivity index (χ2v) is 8.16. The molecule has 0 radical (unpaired) electrons. The van der Waals surface area contributed by atoms with Crippen molar-refractivity contribution in [2.75, 3.05) is 11.8 Å². The lowest BCUT2D eigenvalue weighted by Crippen LogP contribution is -2.17. The number of sulfonamides is 1. The van der Waals surface area contributed by atoms with Gasteiger partial charge >= 0.3 is 12.6 Å². The molecular weight excluding hydrogens is 408 g/mol. The minimum absolute atomic E-state index is 0.0402. The van der Waals surface area contributed by atoms with Gasteiger partial charge in [0.1, 0.15) is 0 Å². The Hall–Kier alpha value is -2.88. The summed E-state index contributed by atoms with van der Waals surface area (Å²) in [6.07, 6.45) is 3.63. The minimum atomic E-state index is -4.16. The van der Waals surface area contributed by atoms with Gasteiger partial charge in [0, 0.05) is 12.1 Å². The highest BCUT2D eigenvalue weighted by atomic mass is 32.2. The fourth-order valence-corrected chi connectivity index (χ4v) is 4.37. The van der Waals surface area contributed by atoms with Gasteiger partial charge in [0.15, 0.2) is 11.5 Å². The number of carboxylic acids is 1. The number of anilines is 1. The van der Waals surface area contributed by atoms with Crippen LogP contribution in [-0.2, 0) is 22.9 Å². The first-order chi connectivity index (χ1) is 13.7. The van der Waals surface area contributed by atoms with Crippen molar-refractivity contribution >= 4 is 21.7 Å². The van der Waals surface area contributed by atoms with Crippen molar-refractivity contribution in [2.45, 2.75) is 37.2 Å². The maximum absolute atomic E-state index is 12.8. The Kier molecular flexibility index (Phi) is 5.92. The van der Waals surface area contributed by atoms with Crippen LogP contribution in [0.3, 0.4) is 0 Å². The number of alkyl halides is 2. The number of carboxylic acid groups (broad SMARTS) is 1. The third kappa shape index (κ3) is 4.58. The summed E-state index contributed by atoms with van der Waals surface area (Å²) in [6.45, 7) is -3.20. The van der Waals surface area contributed by atoms with Gasteiger partial charge in [-0.25, -0.2) is 13.2 Å². The molecule has 2 aromatic carbocycles. The van der Waals surface area contributed by atoms with Crippen LogP contribution in [0.5, 0.6) is 11.5 Å². The summed E-state index contributed by atoms with van der Waals surface area (Å²) in [6, 6.07) is 6.51. The van der Waals surface area contributed by atoms with Crippen molar-refractivity contribution in [1.29, 1.82) is 0 Å². The molecule has 0 bridgehead atoms. The number of aromatic carboxylic acids is 1. The molecule has 0 unspecified atom stereocenters. The molecule has 0 heterocycles. The number of halogens is 2. The highest BCUT2D eigenvalue weighted by Crippen LogP contribution is 2.36. The monoisotopic (exact) mass is 427 g/mol.